The van der Waals surface area contributed by atoms with Crippen molar-refractivity contribution in [3.63, 3.8) is 0 Å². The van der Waals surface area contributed by atoms with Crippen molar-refractivity contribution >= 4 is 10.0 Å². The van der Waals surface area contributed by atoms with E-state index in [4.69, 9.17) is 4.42 Å². The second-order valence-corrected chi connectivity index (χ2v) is 7.09. The first kappa shape index (κ1) is 15.0. The number of benzene rings is 1. The van der Waals surface area contributed by atoms with Gasteiger partial charge in [0, 0.05) is 0 Å². The molecule has 2 aromatic rings. The van der Waals surface area contributed by atoms with Gasteiger partial charge in [0.1, 0.15) is 11.8 Å². The molecule has 2 atom stereocenters. The van der Waals surface area contributed by atoms with Gasteiger partial charge in [-0.1, -0.05) is 29.8 Å². The topological polar surface area (TPSA) is 70.8 Å². The first-order valence-electron chi connectivity index (χ1n) is 6.97. The summed E-state index contributed by atoms with van der Waals surface area (Å²) in [6, 6.07) is 8.98. The lowest BCUT2D eigenvalue weighted by atomic mass is 10.2. The molecule has 0 saturated heterocycles. The van der Waals surface area contributed by atoms with Gasteiger partial charge >= 0.3 is 0 Å². The predicted molar refractivity (Wildman–Crippen MR) is 81.7 cm³/mol. The molecule has 1 aromatic carbocycles. The van der Waals surface area contributed by atoms with Crippen LogP contribution in [0.3, 0.4) is 0 Å². The van der Waals surface area contributed by atoms with E-state index in [0.29, 0.717) is 5.76 Å². The molecule has 0 fully saturated rings. The van der Waals surface area contributed by atoms with Gasteiger partial charge in [-0.15, -0.1) is 0 Å². The normalized spacial score (nSPS) is 22.3. The maximum Gasteiger partial charge on any atom is 0.244 e. The molecular weight excluding hydrogens is 302 g/mol. The number of hydrogen-bond acceptors (Lipinski definition) is 4. The summed E-state index contributed by atoms with van der Waals surface area (Å²) < 4.78 is 32.5. The largest absolute Gasteiger partial charge is 0.467 e. The Balaban J connectivity index is 2.04. The minimum atomic E-state index is -3.74. The molecule has 0 radical (unpaired) electrons. The maximum atomic E-state index is 13.0. The SMILES string of the molecule is Cc1ccc(S(=O)(=O)N2[C@@H](CO)C=C[C@H]2c2ccco2)cc1. The monoisotopic (exact) mass is 319 g/mol. The van der Waals surface area contributed by atoms with Crippen LogP contribution in [-0.2, 0) is 10.0 Å². The van der Waals surface area contributed by atoms with Crippen molar-refractivity contribution in [2.45, 2.75) is 23.9 Å². The zero-order valence-electron chi connectivity index (χ0n) is 12.1. The van der Waals surface area contributed by atoms with E-state index in [-0.39, 0.29) is 11.5 Å². The van der Waals surface area contributed by atoms with E-state index in [1.165, 1.54) is 10.6 Å². The molecule has 0 spiro atoms. The Kier molecular flexibility index (Phi) is 3.90. The molecule has 3 rings (SSSR count). The van der Waals surface area contributed by atoms with Crippen molar-refractivity contribution in [1.82, 2.24) is 4.31 Å². The Bertz CT molecular complexity index is 763. The van der Waals surface area contributed by atoms with E-state index in [1.807, 2.05) is 6.92 Å². The predicted octanol–water partition coefficient (Wildman–Crippen LogP) is 2.25. The molecule has 116 valence electrons. The lowest BCUT2D eigenvalue weighted by Gasteiger charge is -2.27. The average molecular weight is 319 g/mol. The number of rotatable bonds is 4. The molecule has 0 bridgehead atoms. The number of hydrogen-bond donors (Lipinski definition) is 1. The molecule has 1 aliphatic rings. The van der Waals surface area contributed by atoms with Crippen molar-refractivity contribution in [3.05, 3.63) is 66.1 Å². The zero-order chi connectivity index (χ0) is 15.7. The number of aliphatic hydroxyl groups excluding tert-OH is 1. The number of sulfonamides is 1. The van der Waals surface area contributed by atoms with Crippen LogP contribution in [0.15, 0.2) is 64.1 Å². The van der Waals surface area contributed by atoms with Crippen LogP contribution >= 0.6 is 0 Å². The standard InChI is InChI=1S/C16H17NO4S/c1-12-4-7-14(8-5-12)22(19,20)17-13(11-18)6-9-15(17)16-3-2-10-21-16/h2-10,13,15,18H,11H2,1H3/t13-,15+/m1/s1. The van der Waals surface area contributed by atoms with Crippen molar-refractivity contribution in [2.24, 2.45) is 0 Å². The molecule has 1 aromatic heterocycles. The highest BCUT2D eigenvalue weighted by Gasteiger charge is 2.40. The molecule has 6 heteroatoms. The number of nitrogens with zero attached hydrogens (tertiary/aromatic N) is 1. The third kappa shape index (κ3) is 2.49. The van der Waals surface area contributed by atoms with E-state index >= 15 is 0 Å². The molecule has 22 heavy (non-hydrogen) atoms. The number of aryl methyl sites for hydroxylation is 1. The molecular formula is C16H17NO4S. The fourth-order valence-electron chi connectivity index (χ4n) is 2.59. The highest BCUT2D eigenvalue weighted by atomic mass is 32.2. The zero-order valence-corrected chi connectivity index (χ0v) is 12.9. The van der Waals surface area contributed by atoms with E-state index in [0.717, 1.165) is 5.56 Å². The van der Waals surface area contributed by atoms with Crippen LogP contribution in [-0.4, -0.2) is 30.5 Å². The quantitative estimate of drug-likeness (QED) is 0.878. The van der Waals surface area contributed by atoms with Crippen molar-refractivity contribution in [3.8, 4) is 0 Å². The van der Waals surface area contributed by atoms with Crippen LogP contribution in [0.5, 0.6) is 0 Å². The molecule has 5 nitrogen and oxygen atoms in total. The molecule has 0 aliphatic carbocycles. The van der Waals surface area contributed by atoms with Crippen molar-refractivity contribution in [1.29, 1.82) is 0 Å². The summed E-state index contributed by atoms with van der Waals surface area (Å²) in [6.45, 7) is 1.62. The van der Waals surface area contributed by atoms with Gasteiger partial charge in [-0.25, -0.2) is 8.42 Å². The summed E-state index contributed by atoms with van der Waals surface area (Å²) in [6.07, 6.45) is 4.94. The van der Waals surface area contributed by atoms with Crippen LogP contribution in [0.2, 0.25) is 0 Å². The second-order valence-electron chi connectivity index (χ2n) is 5.24. The second kappa shape index (κ2) is 5.72. The number of aliphatic hydroxyl groups is 1. The van der Waals surface area contributed by atoms with E-state index < -0.39 is 22.1 Å². The Hall–Kier alpha value is -1.89. The molecule has 1 aliphatic heterocycles. The molecule has 1 N–H and O–H groups in total. The lowest BCUT2D eigenvalue weighted by Crippen LogP contribution is -2.39. The minimum Gasteiger partial charge on any atom is -0.467 e. The highest BCUT2D eigenvalue weighted by Crippen LogP contribution is 2.36. The summed E-state index contributed by atoms with van der Waals surface area (Å²) in [4.78, 5) is 0.205. The van der Waals surface area contributed by atoms with Gasteiger partial charge in [-0.3, -0.25) is 0 Å². The van der Waals surface area contributed by atoms with Crippen molar-refractivity contribution < 1.29 is 17.9 Å². The summed E-state index contributed by atoms with van der Waals surface area (Å²) in [7, 11) is -3.74. The van der Waals surface area contributed by atoms with Gasteiger partial charge in [-0.2, -0.15) is 4.31 Å². The summed E-state index contributed by atoms with van der Waals surface area (Å²) in [5.41, 5.74) is 0.986. The van der Waals surface area contributed by atoms with Crippen LogP contribution < -0.4 is 0 Å². The average Bonchev–Trinajstić information content (AvgIpc) is 3.16. The van der Waals surface area contributed by atoms with Gasteiger partial charge in [0.05, 0.1) is 23.8 Å². The third-order valence-corrected chi connectivity index (χ3v) is 5.66. The molecule has 0 unspecified atom stereocenters. The summed E-state index contributed by atoms with van der Waals surface area (Å²) in [5.74, 6) is 0.530. The maximum absolute atomic E-state index is 13.0. The van der Waals surface area contributed by atoms with Gasteiger partial charge < -0.3 is 9.52 Å². The third-order valence-electron chi connectivity index (χ3n) is 3.73. The van der Waals surface area contributed by atoms with Crippen LogP contribution in [0.1, 0.15) is 17.4 Å². The van der Waals surface area contributed by atoms with E-state index in [9.17, 15) is 13.5 Å². The van der Waals surface area contributed by atoms with Gasteiger partial charge in [0.2, 0.25) is 10.0 Å². The van der Waals surface area contributed by atoms with E-state index in [1.54, 1.807) is 48.6 Å². The first-order chi connectivity index (χ1) is 10.5. The first-order valence-corrected chi connectivity index (χ1v) is 8.41. The van der Waals surface area contributed by atoms with E-state index in [2.05, 4.69) is 0 Å². The Morgan fingerprint density at radius 2 is 1.91 bits per heavy atom. The Labute approximate surface area is 129 Å². The molecule has 0 amide bonds. The van der Waals surface area contributed by atoms with Crippen LogP contribution in [0.4, 0.5) is 0 Å². The van der Waals surface area contributed by atoms with Crippen LogP contribution in [0.25, 0.3) is 0 Å². The Morgan fingerprint density at radius 1 is 1.18 bits per heavy atom. The van der Waals surface area contributed by atoms with Gasteiger partial charge in [0.25, 0.3) is 0 Å². The summed E-state index contributed by atoms with van der Waals surface area (Å²) >= 11 is 0. The lowest BCUT2D eigenvalue weighted by molar-refractivity contribution is 0.204. The molecule has 0 saturated carbocycles. The fourth-order valence-corrected chi connectivity index (χ4v) is 4.28. The Morgan fingerprint density at radius 3 is 2.50 bits per heavy atom. The van der Waals surface area contributed by atoms with Gasteiger partial charge in [-0.05, 0) is 31.2 Å². The highest BCUT2D eigenvalue weighted by molar-refractivity contribution is 7.89. The minimum absolute atomic E-state index is 0.205. The molecule has 2 heterocycles. The summed E-state index contributed by atoms with van der Waals surface area (Å²) in [5, 5.41) is 9.52. The van der Waals surface area contributed by atoms with Gasteiger partial charge in [0.15, 0.2) is 0 Å². The smallest absolute Gasteiger partial charge is 0.244 e. The van der Waals surface area contributed by atoms with Crippen molar-refractivity contribution in [2.75, 3.05) is 6.61 Å². The van der Waals surface area contributed by atoms with Crippen LogP contribution in [0, 0.1) is 6.92 Å². The number of furan rings is 1. The fraction of sp³-hybridized carbons (Fsp3) is 0.250.